The maximum atomic E-state index is 13.3. The van der Waals surface area contributed by atoms with Gasteiger partial charge in [-0.1, -0.05) is 60.8 Å². The van der Waals surface area contributed by atoms with Crippen molar-refractivity contribution in [1.29, 1.82) is 5.26 Å². The van der Waals surface area contributed by atoms with E-state index in [9.17, 15) is 24.8 Å². The molecule has 1 aromatic heterocycles. The maximum absolute atomic E-state index is 13.3. The van der Waals surface area contributed by atoms with Gasteiger partial charge in [-0.2, -0.15) is 5.26 Å². The van der Waals surface area contributed by atoms with Crippen molar-refractivity contribution in [3.05, 3.63) is 84.1 Å². The van der Waals surface area contributed by atoms with E-state index in [-0.39, 0.29) is 61.3 Å². The Kier molecular flexibility index (Phi) is 6.57. The van der Waals surface area contributed by atoms with Gasteiger partial charge in [-0.25, -0.2) is 0 Å². The number of ketones is 2. The molecule has 2 aromatic carbocycles. The number of hydrogen-bond acceptors (Lipinski definition) is 7. The van der Waals surface area contributed by atoms with Crippen LogP contribution in [0.1, 0.15) is 62.7 Å². The number of nitrogens with zero attached hydrogens (tertiary/aromatic N) is 4. The molecule has 0 saturated heterocycles. The fourth-order valence-electron chi connectivity index (χ4n) is 3.98. The van der Waals surface area contributed by atoms with Crippen LogP contribution in [0.4, 0.5) is 11.4 Å². The minimum Gasteiger partial charge on any atom is -0.493 e. The predicted molar refractivity (Wildman–Crippen MR) is 131 cm³/mol. The maximum Gasteiger partial charge on any atom is 0.281 e. The van der Waals surface area contributed by atoms with Gasteiger partial charge in [0, 0.05) is 23.2 Å². The van der Waals surface area contributed by atoms with Gasteiger partial charge in [0.1, 0.15) is 17.3 Å². The average Bonchev–Trinajstić information content (AvgIpc) is 2.83. The van der Waals surface area contributed by atoms with Crippen LogP contribution < -0.4 is 5.56 Å². The zero-order valence-corrected chi connectivity index (χ0v) is 20.2. The standard InChI is InChI=1S/C25H18Cl2N4O4/c1-3-4-9-31-24(34)15(11-28)12(2)20(25(31)35)29-30-21-17(27)10-16(26)18-19(21)23(33)14-8-6-5-7-13(14)22(18)32/h5-8,10,34H,3-4,9H2,1-2H3. The van der Waals surface area contributed by atoms with Gasteiger partial charge in [-0.3, -0.25) is 19.0 Å². The van der Waals surface area contributed by atoms with Crippen molar-refractivity contribution in [2.24, 2.45) is 10.2 Å². The number of unbranched alkanes of at least 4 members (excludes halogenated alkanes) is 1. The Hall–Kier alpha value is -3.80. The molecule has 0 spiro atoms. The van der Waals surface area contributed by atoms with E-state index >= 15 is 0 Å². The van der Waals surface area contributed by atoms with Crippen molar-refractivity contribution in [1.82, 2.24) is 4.57 Å². The number of aromatic hydroxyl groups is 1. The largest absolute Gasteiger partial charge is 0.493 e. The van der Waals surface area contributed by atoms with Gasteiger partial charge < -0.3 is 5.11 Å². The van der Waals surface area contributed by atoms with Gasteiger partial charge in [-0.15, -0.1) is 10.2 Å². The number of fused-ring (bicyclic) bond motifs is 2. The van der Waals surface area contributed by atoms with E-state index in [1.807, 2.05) is 13.0 Å². The number of pyridine rings is 1. The molecule has 176 valence electrons. The molecule has 0 fully saturated rings. The van der Waals surface area contributed by atoms with Gasteiger partial charge >= 0.3 is 0 Å². The summed E-state index contributed by atoms with van der Waals surface area (Å²) in [4.78, 5) is 39.5. The van der Waals surface area contributed by atoms with Crippen molar-refractivity contribution in [2.75, 3.05) is 0 Å². The summed E-state index contributed by atoms with van der Waals surface area (Å²) in [6, 6.07) is 9.50. The summed E-state index contributed by atoms with van der Waals surface area (Å²) < 4.78 is 1.06. The second kappa shape index (κ2) is 9.45. The van der Waals surface area contributed by atoms with E-state index in [0.717, 1.165) is 11.0 Å². The van der Waals surface area contributed by atoms with Gasteiger partial charge in [0.05, 0.1) is 21.2 Å². The quantitative estimate of drug-likeness (QED) is 0.329. The van der Waals surface area contributed by atoms with Gasteiger partial charge in [0.25, 0.3) is 5.56 Å². The average molecular weight is 509 g/mol. The molecule has 1 aliphatic carbocycles. The molecule has 35 heavy (non-hydrogen) atoms. The van der Waals surface area contributed by atoms with Gasteiger partial charge in [0.15, 0.2) is 17.3 Å². The van der Waals surface area contributed by atoms with Crippen LogP contribution in [0, 0.1) is 18.3 Å². The van der Waals surface area contributed by atoms with E-state index in [2.05, 4.69) is 10.2 Å². The second-order valence-corrected chi connectivity index (χ2v) is 8.75. The number of benzene rings is 2. The van der Waals surface area contributed by atoms with E-state index < -0.39 is 23.0 Å². The third kappa shape index (κ3) is 3.93. The Morgan fingerprint density at radius 2 is 1.60 bits per heavy atom. The molecule has 0 amide bonds. The predicted octanol–water partition coefficient (Wildman–Crippen LogP) is 6.03. The Bertz CT molecular complexity index is 1550. The highest BCUT2D eigenvalue weighted by Crippen LogP contribution is 2.42. The molecule has 0 unspecified atom stereocenters. The number of carbonyl (C=O) groups excluding carboxylic acids is 2. The summed E-state index contributed by atoms with van der Waals surface area (Å²) in [5, 5.41) is 28.0. The molecule has 10 heteroatoms. The van der Waals surface area contributed by atoms with Crippen molar-refractivity contribution in [3.8, 4) is 11.9 Å². The van der Waals surface area contributed by atoms with Gasteiger partial charge in [0.2, 0.25) is 5.88 Å². The van der Waals surface area contributed by atoms with Crippen LogP contribution in [0.25, 0.3) is 0 Å². The fourth-order valence-corrected chi connectivity index (χ4v) is 4.57. The van der Waals surface area contributed by atoms with E-state index in [4.69, 9.17) is 23.2 Å². The first-order valence-electron chi connectivity index (χ1n) is 10.7. The zero-order chi connectivity index (χ0) is 25.4. The van der Waals surface area contributed by atoms with E-state index in [1.54, 1.807) is 12.1 Å². The number of hydrogen-bond donors (Lipinski definition) is 1. The third-order valence-electron chi connectivity index (χ3n) is 5.83. The summed E-state index contributed by atoms with van der Waals surface area (Å²) in [6.45, 7) is 3.56. The highest BCUT2D eigenvalue weighted by molar-refractivity contribution is 6.43. The molecule has 1 aliphatic rings. The Labute approximate surface area is 210 Å². The minimum absolute atomic E-state index is 0.00805. The van der Waals surface area contributed by atoms with Crippen molar-refractivity contribution < 1.29 is 14.7 Å². The van der Waals surface area contributed by atoms with Crippen LogP contribution >= 0.6 is 23.2 Å². The smallest absolute Gasteiger partial charge is 0.281 e. The zero-order valence-electron chi connectivity index (χ0n) is 18.7. The molecule has 1 heterocycles. The number of carbonyl (C=O) groups is 2. The lowest BCUT2D eigenvalue weighted by Gasteiger charge is -2.20. The van der Waals surface area contributed by atoms with Crippen LogP contribution in [-0.2, 0) is 6.54 Å². The Morgan fingerprint density at radius 1 is 1.00 bits per heavy atom. The topological polar surface area (TPSA) is 125 Å². The molecule has 0 aliphatic heterocycles. The van der Waals surface area contributed by atoms with E-state index in [0.29, 0.717) is 6.42 Å². The highest BCUT2D eigenvalue weighted by atomic mass is 35.5. The van der Waals surface area contributed by atoms with E-state index in [1.165, 1.54) is 25.1 Å². The molecule has 0 saturated carbocycles. The Balaban J connectivity index is 1.94. The SMILES string of the molecule is CCCCn1c(O)c(C#N)c(C)c(N=Nc2c(Cl)cc(Cl)c3c2C(=O)c2ccccc2C3=O)c1=O. The normalized spacial score (nSPS) is 12.5. The molecule has 1 N–H and O–H groups in total. The summed E-state index contributed by atoms with van der Waals surface area (Å²) in [7, 11) is 0. The lowest BCUT2D eigenvalue weighted by Crippen LogP contribution is -2.22. The fraction of sp³-hybridized carbons (Fsp3) is 0.200. The van der Waals surface area contributed by atoms with Crippen LogP contribution in [0.3, 0.4) is 0 Å². The molecule has 4 rings (SSSR count). The molecule has 0 atom stereocenters. The number of halogens is 2. The summed E-state index contributed by atoms with van der Waals surface area (Å²) in [5.41, 5.74) is -0.722. The number of aromatic nitrogens is 1. The lowest BCUT2D eigenvalue weighted by atomic mass is 9.83. The molecule has 0 radical (unpaired) electrons. The van der Waals surface area contributed by atoms with Crippen molar-refractivity contribution in [2.45, 2.75) is 33.2 Å². The molecule has 0 bridgehead atoms. The second-order valence-electron chi connectivity index (χ2n) is 7.94. The monoisotopic (exact) mass is 508 g/mol. The molecule has 3 aromatic rings. The minimum atomic E-state index is -0.650. The number of azo groups is 1. The lowest BCUT2D eigenvalue weighted by molar-refractivity contribution is 0.0979. The van der Waals surface area contributed by atoms with Crippen LogP contribution in [-0.4, -0.2) is 21.2 Å². The molecular formula is C25H18Cl2N4O4. The highest BCUT2D eigenvalue weighted by Gasteiger charge is 2.35. The van der Waals surface area contributed by atoms with Crippen molar-refractivity contribution in [3.63, 3.8) is 0 Å². The van der Waals surface area contributed by atoms with Crippen LogP contribution in [0.2, 0.25) is 10.0 Å². The van der Waals surface area contributed by atoms with Crippen molar-refractivity contribution >= 4 is 46.1 Å². The first-order valence-corrected chi connectivity index (χ1v) is 11.5. The van der Waals surface area contributed by atoms with Crippen LogP contribution in [0.5, 0.6) is 5.88 Å². The molecule has 8 nitrogen and oxygen atoms in total. The van der Waals surface area contributed by atoms with Gasteiger partial charge in [-0.05, 0) is 19.4 Å². The summed E-state index contributed by atoms with van der Waals surface area (Å²) in [6.07, 6.45) is 1.34. The number of nitriles is 1. The third-order valence-corrected chi connectivity index (χ3v) is 6.42. The summed E-state index contributed by atoms with van der Waals surface area (Å²) >= 11 is 12.7. The van der Waals surface area contributed by atoms with Crippen LogP contribution in [0.15, 0.2) is 45.4 Å². The first-order chi connectivity index (χ1) is 16.7. The Morgan fingerprint density at radius 3 is 2.20 bits per heavy atom. The number of rotatable bonds is 5. The summed E-state index contributed by atoms with van der Waals surface area (Å²) in [5.74, 6) is -1.40. The first kappa shape index (κ1) is 24.3. The molecular weight excluding hydrogens is 491 g/mol.